The molecule has 25 heavy (non-hydrogen) atoms. The van der Waals surface area contributed by atoms with E-state index in [0.29, 0.717) is 12.6 Å². The summed E-state index contributed by atoms with van der Waals surface area (Å²) in [7, 11) is 0. The van der Waals surface area contributed by atoms with Crippen LogP contribution in [0.15, 0.2) is 48.5 Å². The highest BCUT2D eigenvalue weighted by atomic mass is 16.5. The molecule has 0 saturated carbocycles. The number of para-hydroxylation sites is 2. The standard InChI is InChI=1S/C18H15NO6/c19-14(18(23)25-16-8-4-2-6-13(16)11-21)9-17(22)24-15-7-3-1-5-12(15)10-20/h1-8,10-11,14H,9,19H2/t14-/m0/s1. The molecule has 0 fully saturated rings. The van der Waals surface area contributed by atoms with E-state index in [-0.39, 0.29) is 22.6 Å². The Morgan fingerprint density at radius 3 is 1.88 bits per heavy atom. The minimum absolute atomic E-state index is 0.0533. The Kier molecular flexibility index (Phi) is 6.14. The van der Waals surface area contributed by atoms with Crippen molar-refractivity contribution in [1.82, 2.24) is 0 Å². The molecule has 0 aromatic heterocycles. The maximum absolute atomic E-state index is 12.0. The number of benzene rings is 2. The van der Waals surface area contributed by atoms with E-state index in [2.05, 4.69) is 0 Å². The number of carbonyl (C=O) groups is 4. The quantitative estimate of drug-likeness (QED) is 0.462. The number of hydrogen-bond acceptors (Lipinski definition) is 7. The molecule has 0 aliphatic rings. The second-order valence-corrected chi connectivity index (χ2v) is 5.02. The fraction of sp³-hybridized carbons (Fsp3) is 0.111. The summed E-state index contributed by atoms with van der Waals surface area (Å²) in [4.78, 5) is 45.6. The lowest BCUT2D eigenvalue weighted by Crippen LogP contribution is -2.37. The van der Waals surface area contributed by atoms with Crippen molar-refractivity contribution in [1.29, 1.82) is 0 Å². The summed E-state index contributed by atoms with van der Waals surface area (Å²) >= 11 is 0. The van der Waals surface area contributed by atoms with Gasteiger partial charge >= 0.3 is 11.9 Å². The summed E-state index contributed by atoms with van der Waals surface area (Å²) in [6, 6.07) is 11.0. The first-order valence-corrected chi connectivity index (χ1v) is 7.31. The maximum Gasteiger partial charge on any atom is 0.328 e. The monoisotopic (exact) mass is 341 g/mol. The van der Waals surface area contributed by atoms with E-state index in [1.54, 1.807) is 24.3 Å². The van der Waals surface area contributed by atoms with Crippen LogP contribution in [-0.2, 0) is 9.59 Å². The van der Waals surface area contributed by atoms with Crippen molar-refractivity contribution in [2.24, 2.45) is 5.73 Å². The first-order chi connectivity index (χ1) is 12.0. The predicted octanol–water partition coefficient (Wildman–Crippen LogP) is 1.54. The van der Waals surface area contributed by atoms with Gasteiger partial charge in [-0.25, -0.2) is 4.79 Å². The van der Waals surface area contributed by atoms with Crippen molar-refractivity contribution in [2.75, 3.05) is 0 Å². The van der Waals surface area contributed by atoms with Crippen LogP contribution in [-0.4, -0.2) is 30.6 Å². The van der Waals surface area contributed by atoms with Gasteiger partial charge in [0.1, 0.15) is 17.5 Å². The Morgan fingerprint density at radius 2 is 1.36 bits per heavy atom. The molecule has 2 aromatic rings. The number of carbonyl (C=O) groups excluding carboxylic acids is 4. The van der Waals surface area contributed by atoms with E-state index < -0.39 is 24.4 Å². The molecule has 0 radical (unpaired) electrons. The highest BCUT2D eigenvalue weighted by molar-refractivity contribution is 5.88. The Hall–Kier alpha value is -3.32. The van der Waals surface area contributed by atoms with Crippen LogP contribution in [0, 0.1) is 0 Å². The molecule has 1 atom stereocenters. The number of hydrogen-bond donors (Lipinski definition) is 1. The van der Waals surface area contributed by atoms with Gasteiger partial charge in [0.25, 0.3) is 0 Å². The summed E-state index contributed by atoms with van der Waals surface area (Å²) in [6.07, 6.45) is 0.640. The van der Waals surface area contributed by atoms with Crippen molar-refractivity contribution < 1.29 is 28.7 Å². The zero-order chi connectivity index (χ0) is 18.2. The van der Waals surface area contributed by atoms with Crippen LogP contribution in [0.25, 0.3) is 0 Å². The van der Waals surface area contributed by atoms with Gasteiger partial charge in [0.2, 0.25) is 0 Å². The van der Waals surface area contributed by atoms with E-state index in [1.807, 2.05) is 0 Å². The predicted molar refractivity (Wildman–Crippen MR) is 87.5 cm³/mol. The Morgan fingerprint density at radius 1 is 0.880 bits per heavy atom. The lowest BCUT2D eigenvalue weighted by molar-refractivity contribution is -0.142. The third-order valence-electron chi connectivity index (χ3n) is 3.22. The van der Waals surface area contributed by atoms with Gasteiger partial charge < -0.3 is 15.2 Å². The Bertz CT molecular complexity index is 802. The van der Waals surface area contributed by atoms with E-state index in [9.17, 15) is 19.2 Å². The summed E-state index contributed by atoms with van der Waals surface area (Å²) in [5, 5.41) is 0. The average molecular weight is 341 g/mol. The maximum atomic E-state index is 12.0. The van der Waals surface area contributed by atoms with Crippen LogP contribution in [0.5, 0.6) is 11.5 Å². The highest BCUT2D eigenvalue weighted by Crippen LogP contribution is 2.18. The van der Waals surface area contributed by atoms with Crippen molar-refractivity contribution in [3.8, 4) is 11.5 Å². The molecule has 7 nitrogen and oxygen atoms in total. The lowest BCUT2D eigenvalue weighted by atomic mass is 10.2. The van der Waals surface area contributed by atoms with Crippen LogP contribution in [0.4, 0.5) is 0 Å². The van der Waals surface area contributed by atoms with Crippen molar-refractivity contribution in [3.05, 3.63) is 59.7 Å². The lowest BCUT2D eigenvalue weighted by Gasteiger charge is -2.12. The largest absolute Gasteiger partial charge is 0.426 e. The molecule has 128 valence electrons. The molecule has 0 spiro atoms. The molecule has 0 amide bonds. The molecule has 0 aliphatic carbocycles. The number of nitrogens with two attached hydrogens (primary N) is 1. The van der Waals surface area contributed by atoms with Gasteiger partial charge in [-0.15, -0.1) is 0 Å². The fourth-order valence-corrected chi connectivity index (χ4v) is 1.95. The Balaban J connectivity index is 1.97. The molecule has 0 heterocycles. The molecule has 0 aliphatic heterocycles. The van der Waals surface area contributed by atoms with Crippen molar-refractivity contribution in [3.63, 3.8) is 0 Å². The summed E-state index contributed by atoms with van der Waals surface area (Å²) < 4.78 is 10.1. The first-order valence-electron chi connectivity index (χ1n) is 7.31. The van der Waals surface area contributed by atoms with Crippen LogP contribution in [0.2, 0.25) is 0 Å². The average Bonchev–Trinajstić information content (AvgIpc) is 2.62. The normalized spacial score (nSPS) is 11.2. The van der Waals surface area contributed by atoms with Crippen LogP contribution in [0.1, 0.15) is 27.1 Å². The summed E-state index contributed by atoms with van der Waals surface area (Å²) in [5.41, 5.74) is 6.03. The number of rotatable bonds is 7. The van der Waals surface area contributed by atoms with Gasteiger partial charge in [0.15, 0.2) is 12.6 Å². The van der Waals surface area contributed by atoms with Crippen molar-refractivity contribution >= 4 is 24.5 Å². The number of esters is 2. The van der Waals surface area contributed by atoms with Gasteiger partial charge in [-0.1, -0.05) is 24.3 Å². The molecular weight excluding hydrogens is 326 g/mol. The minimum Gasteiger partial charge on any atom is -0.426 e. The molecular formula is C18H15NO6. The molecule has 0 saturated heterocycles. The molecule has 7 heteroatoms. The zero-order valence-electron chi connectivity index (χ0n) is 13.1. The molecule has 2 N–H and O–H groups in total. The second-order valence-electron chi connectivity index (χ2n) is 5.02. The third kappa shape index (κ3) is 4.82. The highest BCUT2D eigenvalue weighted by Gasteiger charge is 2.22. The van der Waals surface area contributed by atoms with Crippen molar-refractivity contribution in [2.45, 2.75) is 12.5 Å². The Labute approximate surface area is 143 Å². The molecule has 2 aromatic carbocycles. The van der Waals surface area contributed by atoms with Crippen LogP contribution in [0.3, 0.4) is 0 Å². The third-order valence-corrected chi connectivity index (χ3v) is 3.22. The SMILES string of the molecule is N[C@@H](CC(=O)Oc1ccccc1C=O)C(=O)Oc1ccccc1C=O. The summed E-state index contributed by atoms with van der Waals surface area (Å²) in [6.45, 7) is 0. The van der Waals surface area contributed by atoms with E-state index in [1.165, 1.54) is 24.3 Å². The fourth-order valence-electron chi connectivity index (χ4n) is 1.95. The number of ether oxygens (including phenoxy) is 2. The van der Waals surface area contributed by atoms with Gasteiger partial charge in [0, 0.05) is 0 Å². The van der Waals surface area contributed by atoms with Gasteiger partial charge in [-0.3, -0.25) is 14.4 Å². The second kappa shape index (κ2) is 8.51. The molecule has 2 rings (SSSR count). The molecule has 0 bridgehead atoms. The first kappa shape index (κ1) is 18.0. The number of aldehydes is 2. The van der Waals surface area contributed by atoms with E-state index >= 15 is 0 Å². The van der Waals surface area contributed by atoms with Gasteiger partial charge in [-0.2, -0.15) is 0 Å². The van der Waals surface area contributed by atoms with E-state index in [0.717, 1.165) is 0 Å². The van der Waals surface area contributed by atoms with Crippen LogP contribution >= 0.6 is 0 Å². The topological polar surface area (TPSA) is 113 Å². The minimum atomic E-state index is -1.28. The van der Waals surface area contributed by atoms with Gasteiger partial charge in [-0.05, 0) is 24.3 Å². The zero-order valence-corrected chi connectivity index (χ0v) is 13.1. The van der Waals surface area contributed by atoms with E-state index in [4.69, 9.17) is 15.2 Å². The van der Waals surface area contributed by atoms with Gasteiger partial charge in [0.05, 0.1) is 17.5 Å². The molecule has 0 unspecified atom stereocenters. The summed E-state index contributed by atoms with van der Waals surface area (Å²) in [5.74, 6) is -1.54. The van der Waals surface area contributed by atoms with Crippen LogP contribution < -0.4 is 15.2 Å². The smallest absolute Gasteiger partial charge is 0.328 e.